The van der Waals surface area contributed by atoms with Crippen molar-refractivity contribution in [2.24, 2.45) is 11.3 Å². The van der Waals surface area contributed by atoms with E-state index in [1.807, 2.05) is 34.9 Å². The van der Waals surface area contributed by atoms with Crippen LogP contribution in [-0.4, -0.2) is 119 Å². The SMILES string of the molecule is CC(C)[C@@H](CN1CCC[C@H]1C(=O)N1CCCCC1C(=O)O)N(C)C(=O)[C@@H](NC(=O)[C@H]1CCCCN1C)C(C)(C)C. The maximum Gasteiger partial charge on any atom is 0.326 e. The van der Waals surface area contributed by atoms with Crippen molar-refractivity contribution in [2.75, 3.05) is 40.3 Å². The van der Waals surface area contributed by atoms with Gasteiger partial charge in [0, 0.05) is 26.2 Å². The van der Waals surface area contributed by atoms with Gasteiger partial charge in [0.15, 0.2) is 0 Å². The zero-order valence-electron chi connectivity index (χ0n) is 25.8. The Morgan fingerprint density at radius 1 is 0.900 bits per heavy atom. The van der Waals surface area contributed by atoms with Gasteiger partial charge >= 0.3 is 5.97 Å². The Morgan fingerprint density at radius 2 is 1.50 bits per heavy atom. The summed E-state index contributed by atoms with van der Waals surface area (Å²) in [5.74, 6) is -1.13. The summed E-state index contributed by atoms with van der Waals surface area (Å²) in [6.07, 6.45) is 6.57. The van der Waals surface area contributed by atoms with Gasteiger partial charge < -0.3 is 20.2 Å². The molecule has 0 spiro atoms. The maximum absolute atomic E-state index is 14.0. The number of carbonyl (C=O) groups is 4. The van der Waals surface area contributed by atoms with Crippen molar-refractivity contribution in [3.05, 3.63) is 0 Å². The van der Waals surface area contributed by atoms with Crippen LogP contribution < -0.4 is 5.32 Å². The van der Waals surface area contributed by atoms with E-state index in [4.69, 9.17) is 0 Å². The van der Waals surface area contributed by atoms with Crippen LogP contribution in [0.5, 0.6) is 0 Å². The van der Waals surface area contributed by atoms with E-state index in [0.29, 0.717) is 25.9 Å². The molecule has 0 aromatic rings. The lowest BCUT2D eigenvalue weighted by Crippen LogP contribution is -2.61. The Labute approximate surface area is 240 Å². The quantitative estimate of drug-likeness (QED) is 0.443. The fourth-order valence-electron chi connectivity index (χ4n) is 6.65. The van der Waals surface area contributed by atoms with Gasteiger partial charge in [-0.1, -0.05) is 41.0 Å². The van der Waals surface area contributed by atoms with Gasteiger partial charge in [-0.25, -0.2) is 4.79 Å². The lowest BCUT2D eigenvalue weighted by Gasteiger charge is -2.42. The van der Waals surface area contributed by atoms with E-state index in [1.54, 1.807) is 9.80 Å². The number of amides is 3. The molecule has 0 aromatic carbocycles. The second-order valence-electron chi connectivity index (χ2n) is 13.6. The number of nitrogens with one attached hydrogen (secondary N) is 1. The van der Waals surface area contributed by atoms with E-state index in [1.165, 1.54) is 0 Å². The largest absolute Gasteiger partial charge is 0.480 e. The molecule has 228 valence electrons. The number of hydrogen-bond acceptors (Lipinski definition) is 6. The molecule has 3 rings (SSSR count). The van der Waals surface area contributed by atoms with Crippen molar-refractivity contribution in [3.8, 4) is 0 Å². The summed E-state index contributed by atoms with van der Waals surface area (Å²) in [6.45, 7) is 12.7. The van der Waals surface area contributed by atoms with Gasteiger partial charge in [-0.05, 0) is 76.4 Å². The number of aliphatic carboxylic acids is 1. The minimum Gasteiger partial charge on any atom is -0.480 e. The lowest BCUT2D eigenvalue weighted by atomic mass is 9.84. The fourth-order valence-corrected chi connectivity index (χ4v) is 6.65. The highest BCUT2D eigenvalue weighted by atomic mass is 16.4. The number of hydrogen-bond donors (Lipinski definition) is 2. The van der Waals surface area contributed by atoms with E-state index >= 15 is 0 Å². The summed E-state index contributed by atoms with van der Waals surface area (Å²) in [7, 11) is 3.77. The number of likely N-dealkylation sites (N-methyl/N-ethyl adjacent to an activating group) is 2. The first-order valence-electron chi connectivity index (χ1n) is 15.3. The smallest absolute Gasteiger partial charge is 0.326 e. The van der Waals surface area contributed by atoms with Crippen LogP contribution in [0, 0.1) is 11.3 Å². The summed E-state index contributed by atoms with van der Waals surface area (Å²) in [6, 6.07) is -2.20. The molecule has 3 amide bonds. The molecule has 3 saturated heterocycles. The molecule has 40 heavy (non-hydrogen) atoms. The van der Waals surface area contributed by atoms with Crippen molar-refractivity contribution >= 4 is 23.7 Å². The van der Waals surface area contributed by atoms with Gasteiger partial charge in [0.2, 0.25) is 17.7 Å². The predicted octanol–water partition coefficient (Wildman–Crippen LogP) is 2.41. The van der Waals surface area contributed by atoms with Crippen LogP contribution >= 0.6 is 0 Å². The van der Waals surface area contributed by atoms with Crippen LogP contribution in [-0.2, 0) is 19.2 Å². The Balaban J connectivity index is 1.75. The van der Waals surface area contributed by atoms with E-state index in [9.17, 15) is 24.3 Å². The number of piperidine rings is 2. The third-order valence-corrected chi connectivity index (χ3v) is 9.23. The van der Waals surface area contributed by atoms with Crippen molar-refractivity contribution in [1.29, 1.82) is 0 Å². The zero-order chi connectivity index (χ0) is 29.8. The van der Waals surface area contributed by atoms with Crippen LogP contribution in [0.15, 0.2) is 0 Å². The average molecular weight is 564 g/mol. The topological polar surface area (TPSA) is 113 Å². The van der Waals surface area contributed by atoms with Gasteiger partial charge in [0.1, 0.15) is 12.1 Å². The van der Waals surface area contributed by atoms with Crippen molar-refractivity contribution in [2.45, 2.75) is 116 Å². The highest BCUT2D eigenvalue weighted by Gasteiger charge is 2.43. The van der Waals surface area contributed by atoms with Crippen LogP contribution in [0.1, 0.15) is 86.0 Å². The van der Waals surface area contributed by atoms with Gasteiger partial charge in [-0.2, -0.15) is 0 Å². The summed E-state index contributed by atoms with van der Waals surface area (Å²) < 4.78 is 0. The average Bonchev–Trinajstić information content (AvgIpc) is 3.36. The van der Waals surface area contributed by atoms with E-state index < -0.39 is 23.5 Å². The van der Waals surface area contributed by atoms with E-state index in [2.05, 4.69) is 29.0 Å². The molecule has 0 radical (unpaired) electrons. The van der Waals surface area contributed by atoms with Gasteiger partial charge in [-0.15, -0.1) is 0 Å². The summed E-state index contributed by atoms with van der Waals surface area (Å²) in [5.41, 5.74) is -0.484. The Kier molecular flexibility index (Phi) is 11.0. The molecule has 0 saturated carbocycles. The van der Waals surface area contributed by atoms with E-state index in [0.717, 1.165) is 51.6 Å². The second-order valence-corrected chi connectivity index (χ2v) is 13.6. The zero-order valence-corrected chi connectivity index (χ0v) is 25.8. The van der Waals surface area contributed by atoms with Gasteiger partial charge in [0.25, 0.3) is 0 Å². The van der Waals surface area contributed by atoms with Crippen LogP contribution in [0.3, 0.4) is 0 Å². The molecule has 0 aromatic heterocycles. The molecule has 10 nitrogen and oxygen atoms in total. The van der Waals surface area contributed by atoms with Gasteiger partial charge in [0.05, 0.1) is 12.1 Å². The van der Waals surface area contributed by atoms with E-state index in [-0.39, 0.29) is 41.8 Å². The number of carboxylic acid groups (broad SMARTS) is 1. The normalized spacial score (nSPS) is 26.4. The van der Waals surface area contributed by atoms with Crippen LogP contribution in [0.2, 0.25) is 0 Å². The third kappa shape index (κ3) is 7.55. The number of likely N-dealkylation sites (tertiary alicyclic amines) is 3. The Morgan fingerprint density at radius 3 is 2.08 bits per heavy atom. The molecule has 3 fully saturated rings. The van der Waals surface area contributed by atoms with Crippen LogP contribution in [0.4, 0.5) is 0 Å². The standard InChI is InChI=1S/C30H53N5O5/c1-20(2)24(19-34-17-12-15-22(34)27(37)35-18-11-9-14-23(35)29(39)40)33(7)28(38)25(30(3,4)5)31-26(36)21-13-8-10-16-32(21)6/h20-25H,8-19H2,1-7H3,(H,31,36)(H,39,40)/t21-,22+,23?,24-,25-/m1/s1. The highest BCUT2D eigenvalue weighted by Crippen LogP contribution is 2.28. The number of rotatable bonds is 9. The van der Waals surface area contributed by atoms with Crippen molar-refractivity contribution in [1.82, 2.24) is 24.9 Å². The molecule has 0 aliphatic carbocycles. The molecular weight excluding hydrogens is 510 g/mol. The monoisotopic (exact) mass is 563 g/mol. The molecule has 5 atom stereocenters. The number of nitrogens with zero attached hydrogens (tertiary/aromatic N) is 4. The molecular formula is C30H53N5O5. The second kappa shape index (κ2) is 13.6. The van der Waals surface area contributed by atoms with Crippen LogP contribution in [0.25, 0.3) is 0 Å². The van der Waals surface area contributed by atoms with Crippen molar-refractivity contribution < 1.29 is 24.3 Å². The first-order chi connectivity index (χ1) is 18.7. The fraction of sp³-hybridized carbons (Fsp3) is 0.867. The Bertz CT molecular complexity index is 919. The molecule has 10 heteroatoms. The minimum absolute atomic E-state index is 0.0929. The molecule has 2 N–H and O–H groups in total. The number of carboxylic acids is 1. The first-order valence-corrected chi connectivity index (χ1v) is 15.3. The molecule has 3 aliphatic heterocycles. The Hall–Kier alpha value is -2.20. The summed E-state index contributed by atoms with van der Waals surface area (Å²) in [4.78, 5) is 60.4. The molecule has 1 unspecified atom stereocenters. The first kappa shape index (κ1) is 32.3. The minimum atomic E-state index is -0.933. The predicted molar refractivity (Wildman–Crippen MR) is 155 cm³/mol. The lowest BCUT2D eigenvalue weighted by molar-refractivity contribution is -0.154. The maximum atomic E-state index is 14.0. The van der Waals surface area contributed by atoms with Crippen molar-refractivity contribution in [3.63, 3.8) is 0 Å². The molecule has 3 heterocycles. The third-order valence-electron chi connectivity index (χ3n) is 9.23. The highest BCUT2D eigenvalue weighted by molar-refractivity contribution is 5.90. The molecule has 0 bridgehead atoms. The molecule has 3 aliphatic rings. The summed E-state index contributed by atoms with van der Waals surface area (Å²) in [5, 5.41) is 12.8. The summed E-state index contributed by atoms with van der Waals surface area (Å²) >= 11 is 0. The number of carbonyl (C=O) groups excluding carboxylic acids is 3. The van der Waals surface area contributed by atoms with Gasteiger partial charge in [-0.3, -0.25) is 24.2 Å².